The summed E-state index contributed by atoms with van der Waals surface area (Å²) < 4.78 is 4.43. The molecule has 2 N–H and O–H groups in total. The number of amides is 2. The number of aliphatic carboxylic acids is 1. The Morgan fingerprint density at radius 1 is 1.52 bits per heavy atom. The molecular weight excluding hydrogens is 416 g/mol. The van der Waals surface area contributed by atoms with E-state index in [0.717, 1.165) is 18.7 Å². The van der Waals surface area contributed by atoms with Crippen LogP contribution in [-0.2, 0) is 27.5 Å². The zero-order chi connectivity index (χ0) is 20.9. The van der Waals surface area contributed by atoms with Crippen LogP contribution in [0.15, 0.2) is 22.5 Å². The van der Waals surface area contributed by atoms with Crippen LogP contribution in [0.5, 0.6) is 0 Å². The number of nitrogens with one attached hydrogen (secondary N) is 1. The molecule has 1 saturated heterocycles. The molecule has 0 saturated carbocycles. The summed E-state index contributed by atoms with van der Waals surface area (Å²) in [6.07, 6.45) is 3.80. The Morgan fingerprint density at radius 3 is 2.93 bits per heavy atom. The van der Waals surface area contributed by atoms with Gasteiger partial charge in [0.15, 0.2) is 12.2 Å². The molecule has 4 atom stereocenters. The fourth-order valence-electron chi connectivity index (χ4n) is 3.96. The summed E-state index contributed by atoms with van der Waals surface area (Å²) in [5, 5.41) is 24.0. The van der Waals surface area contributed by atoms with Crippen LogP contribution in [-0.4, -0.2) is 50.4 Å². The summed E-state index contributed by atoms with van der Waals surface area (Å²) in [7, 11) is 0. The molecular formula is C18H22N4O5S2. The number of carboxylic acid groups (broad SMARTS) is 1. The number of rotatable bonds is 7. The second kappa shape index (κ2) is 7.69. The summed E-state index contributed by atoms with van der Waals surface area (Å²) in [5.74, 6) is -2.41. The monoisotopic (exact) mass is 438 g/mol. The SMILES string of the molecule is CCNC(=O)Cn1cc2[n+](c1)CCC2SC1=C(C(=O)[O-])N2C(=O)[C@H](C(C)O)[C@H]2S1. The van der Waals surface area contributed by atoms with Crippen molar-refractivity contribution in [1.82, 2.24) is 14.8 Å². The van der Waals surface area contributed by atoms with E-state index in [0.29, 0.717) is 10.8 Å². The van der Waals surface area contributed by atoms with E-state index in [2.05, 4.69) is 9.88 Å². The van der Waals surface area contributed by atoms with Gasteiger partial charge in [-0.3, -0.25) is 14.5 Å². The van der Waals surface area contributed by atoms with E-state index < -0.39 is 23.4 Å². The number of hydrogen-bond acceptors (Lipinski definition) is 7. The van der Waals surface area contributed by atoms with Gasteiger partial charge in [-0.05, 0) is 13.8 Å². The van der Waals surface area contributed by atoms with E-state index in [-0.39, 0.29) is 29.3 Å². The number of imidazole rings is 1. The Bertz CT molecular complexity index is 912. The van der Waals surface area contributed by atoms with E-state index in [9.17, 15) is 24.6 Å². The quantitative estimate of drug-likeness (QED) is 0.411. The number of carboxylic acids is 1. The first-order valence-corrected chi connectivity index (χ1v) is 11.2. The summed E-state index contributed by atoms with van der Waals surface area (Å²) in [6, 6.07) is 0. The van der Waals surface area contributed by atoms with Gasteiger partial charge in [-0.2, -0.15) is 0 Å². The lowest BCUT2D eigenvalue weighted by Gasteiger charge is -2.44. The van der Waals surface area contributed by atoms with Crippen molar-refractivity contribution in [2.75, 3.05) is 6.54 Å². The Kier molecular flexibility index (Phi) is 5.38. The van der Waals surface area contributed by atoms with Gasteiger partial charge in [0.25, 0.3) is 5.91 Å². The van der Waals surface area contributed by atoms with Crippen LogP contribution >= 0.6 is 23.5 Å². The minimum Gasteiger partial charge on any atom is -0.543 e. The van der Waals surface area contributed by atoms with Crippen LogP contribution in [0, 0.1) is 5.92 Å². The third-order valence-corrected chi connectivity index (χ3v) is 8.19. The third-order valence-electron chi connectivity index (χ3n) is 5.29. The average molecular weight is 439 g/mol. The molecule has 9 nitrogen and oxygen atoms in total. The third kappa shape index (κ3) is 3.44. The van der Waals surface area contributed by atoms with Crippen LogP contribution in [0.3, 0.4) is 0 Å². The minimum atomic E-state index is -1.38. The van der Waals surface area contributed by atoms with Gasteiger partial charge in [0.1, 0.15) is 11.6 Å². The van der Waals surface area contributed by atoms with Crippen molar-refractivity contribution in [2.45, 2.75) is 50.1 Å². The molecule has 3 aliphatic heterocycles. The summed E-state index contributed by atoms with van der Waals surface area (Å²) in [4.78, 5) is 37.1. The smallest absolute Gasteiger partial charge is 0.262 e. The van der Waals surface area contributed by atoms with Crippen molar-refractivity contribution in [3.05, 3.63) is 28.2 Å². The molecule has 1 aromatic heterocycles. The van der Waals surface area contributed by atoms with Crippen LogP contribution in [0.1, 0.15) is 31.2 Å². The number of likely N-dealkylation sites (N-methyl/N-ethyl adjacent to an activating group) is 1. The van der Waals surface area contributed by atoms with Gasteiger partial charge in [0.05, 0.1) is 39.7 Å². The minimum absolute atomic E-state index is 0.0149. The lowest BCUT2D eigenvalue weighted by Crippen LogP contribution is -2.61. The van der Waals surface area contributed by atoms with Crippen LogP contribution in [0.25, 0.3) is 0 Å². The number of nitrogens with zero attached hydrogens (tertiary/aromatic N) is 3. The molecule has 2 unspecified atom stereocenters. The van der Waals surface area contributed by atoms with E-state index in [1.165, 1.54) is 28.4 Å². The molecule has 11 heteroatoms. The highest BCUT2D eigenvalue weighted by molar-refractivity contribution is 8.22. The number of aliphatic hydroxyl groups is 1. The number of hydrogen-bond donors (Lipinski definition) is 2. The van der Waals surface area contributed by atoms with Crippen LogP contribution < -0.4 is 15.0 Å². The molecule has 0 spiro atoms. The van der Waals surface area contributed by atoms with Gasteiger partial charge in [0.2, 0.25) is 12.2 Å². The van der Waals surface area contributed by atoms with E-state index in [1.807, 2.05) is 24.0 Å². The van der Waals surface area contributed by atoms with E-state index in [1.54, 1.807) is 6.92 Å². The summed E-state index contributed by atoms with van der Waals surface area (Å²) >= 11 is 2.72. The maximum atomic E-state index is 12.3. The Labute approximate surface area is 176 Å². The van der Waals surface area contributed by atoms with E-state index >= 15 is 0 Å². The second-order valence-corrected chi connectivity index (χ2v) is 9.89. The number of aryl methyl sites for hydroxylation is 1. The zero-order valence-electron chi connectivity index (χ0n) is 16.0. The Balaban J connectivity index is 1.52. The molecule has 0 radical (unpaired) electrons. The number of fused-ring (bicyclic) bond motifs is 2. The highest BCUT2D eigenvalue weighted by Gasteiger charge is 2.56. The van der Waals surface area contributed by atoms with Crippen molar-refractivity contribution in [3.8, 4) is 0 Å². The van der Waals surface area contributed by atoms with Gasteiger partial charge in [0, 0.05) is 13.0 Å². The molecule has 1 aromatic rings. The maximum absolute atomic E-state index is 12.3. The normalized spacial score (nSPS) is 26.2. The van der Waals surface area contributed by atoms with Crippen LogP contribution in [0.4, 0.5) is 0 Å². The van der Waals surface area contributed by atoms with Crippen molar-refractivity contribution in [1.29, 1.82) is 0 Å². The van der Waals surface area contributed by atoms with Gasteiger partial charge in [-0.15, -0.1) is 11.8 Å². The predicted octanol–water partition coefficient (Wildman–Crippen LogP) is -1.08. The lowest BCUT2D eigenvalue weighted by atomic mass is 9.92. The topological polar surface area (TPSA) is 119 Å². The number of carbonyl (C=O) groups is 3. The maximum Gasteiger partial charge on any atom is 0.262 e. The number of aliphatic hydroxyl groups excluding tert-OH is 1. The average Bonchev–Trinajstić information content (AvgIpc) is 3.27. The molecule has 4 rings (SSSR count). The number of thioether (sulfide) groups is 2. The molecule has 0 bridgehead atoms. The Hall–Kier alpha value is -1.98. The predicted molar refractivity (Wildman–Crippen MR) is 104 cm³/mol. The first kappa shape index (κ1) is 20.3. The fraction of sp³-hybridized carbons (Fsp3) is 0.556. The largest absolute Gasteiger partial charge is 0.543 e. The van der Waals surface area contributed by atoms with Crippen molar-refractivity contribution in [3.63, 3.8) is 0 Å². The van der Waals surface area contributed by atoms with Gasteiger partial charge in [-0.25, -0.2) is 9.13 Å². The second-order valence-electron chi connectivity index (χ2n) is 7.29. The molecule has 4 heterocycles. The summed E-state index contributed by atoms with van der Waals surface area (Å²) in [6.45, 7) is 4.99. The first-order valence-electron chi connectivity index (χ1n) is 9.47. The van der Waals surface area contributed by atoms with Crippen molar-refractivity contribution >= 4 is 41.3 Å². The summed E-state index contributed by atoms with van der Waals surface area (Å²) in [5.41, 5.74) is 0.921. The van der Waals surface area contributed by atoms with E-state index in [4.69, 9.17) is 0 Å². The number of aromatic nitrogens is 2. The number of β-lactam (4-membered cyclic amide) rings is 1. The van der Waals surface area contributed by atoms with Gasteiger partial charge < -0.3 is 20.3 Å². The molecule has 2 amide bonds. The van der Waals surface area contributed by atoms with Crippen molar-refractivity contribution < 1.29 is 29.2 Å². The van der Waals surface area contributed by atoms with Gasteiger partial charge >= 0.3 is 0 Å². The van der Waals surface area contributed by atoms with Crippen molar-refractivity contribution in [2.24, 2.45) is 5.92 Å². The number of carbonyl (C=O) groups excluding carboxylic acids is 3. The van der Waals surface area contributed by atoms with Gasteiger partial charge in [-0.1, -0.05) is 11.8 Å². The lowest BCUT2D eigenvalue weighted by molar-refractivity contribution is -0.690. The highest BCUT2D eigenvalue weighted by atomic mass is 32.2. The standard InChI is InChI=1S/C18H22N4O5S2/c1-3-19-12(24)7-20-6-10-11(4-5-21(10)8-20)28-18-14(17(26)27)22-15(25)13(9(2)23)16(22)29-18/h6,8-9,11,13,16,23H,3-5,7H2,1-2H3,(H-,19,24,26,27)/t9?,11?,13-,16+/m0/s1. The molecule has 3 aliphatic rings. The fourth-order valence-corrected chi connectivity index (χ4v) is 7.24. The molecule has 1 fully saturated rings. The molecule has 0 aromatic carbocycles. The molecule has 29 heavy (non-hydrogen) atoms. The van der Waals surface area contributed by atoms with Crippen LogP contribution in [0.2, 0.25) is 0 Å². The highest BCUT2D eigenvalue weighted by Crippen LogP contribution is 2.56. The zero-order valence-corrected chi connectivity index (χ0v) is 17.7. The molecule has 0 aliphatic carbocycles. The molecule has 156 valence electrons. The Morgan fingerprint density at radius 2 is 2.28 bits per heavy atom. The first-order chi connectivity index (χ1) is 13.8.